The van der Waals surface area contributed by atoms with E-state index >= 15 is 0 Å². The van der Waals surface area contributed by atoms with Gasteiger partial charge in [0.1, 0.15) is 0 Å². The molecular formula is C24H24N2O6S. The number of morpholine rings is 1. The summed E-state index contributed by atoms with van der Waals surface area (Å²) < 4.78 is 37.3. The first kappa shape index (κ1) is 22.9. The second-order valence-electron chi connectivity index (χ2n) is 7.60. The van der Waals surface area contributed by atoms with Crippen LogP contribution in [-0.4, -0.2) is 57.0 Å². The number of nitrogens with zero attached hydrogens (tertiary/aromatic N) is 1. The van der Waals surface area contributed by atoms with Gasteiger partial charge in [0.05, 0.1) is 23.7 Å². The summed E-state index contributed by atoms with van der Waals surface area (Å²) in [6, 6.07) is 18.7. The highest BCUT2D eigenvalue weighted by Gasteiger charge is 2.27. The Morgan fingerprint density at radius 2 is 1.64 bits per heavy atom. The summed E-state index contributed by atoms with van der Waals surface area (Å²) in [5, 5.41) is 4.65. The smallest absolute Gasteiger partial charge is 0.338 e. The number of nitrogens with one attached hydrogen (secondary N) is 1. The molecule has 1 unspecified atom stereocenters. The third-order valence-electron chi connectivity index (χ3n) is 5.40. The van der Waals surface area contributed by atoms with Gasteiger partial charge >= 0.3 is 5.97 Å². The maximum Gasteiger partial charge on any atom is 0.338 e. The lowest BCUT2D eigenvalue weighted by Crippen LogP contribution is -2.40. The molecule has 9 heteroatoms. The molecule has 1 aliphatic rings. The van der Waals surface area contributed by atoms with Crippen molar-refractivity contribution in [2.75, 3.05) is 31.6 Å². The average Bonchev–Trinajstić information content (AvgIpc) is 2.84. The van der Waals surface area contributed by atoms with E-state index in [1.165, 1.54) is 35.5 Å². The fourth-order valence-electron chi connectivity index (χ4n) is 3.55. The van der Waals surface area contributed by atoms with Gasteiger partial charge in [0.25, 0.3) is 5.91 Å². The van der Waals surface area contributed by atoms with Crippen molar-refractivity contribution in [3.63, 3.8) is 0 Å². The summed E-state index contributed by atoms with van der Waals surface area (Å²) in [5.41, 5.74) is 0.777. The molecule has 1 atom stereocenters. The maximum atomic E-state index is 12.7. The second-order valence-corrected chi connectivity index (χ2v) is 9.54. The van der Waals surface area contributed by atoms with E-state index in [2.05, 4.69) is 5.32 Å². The molecule has 3 aromatic rings. The van der Waals surface area contributed by atoms with Gasteiger partial charge in [0.2, 0.25) is 10.0 Å². The van der Waals surface area contributed by atoms with Crippen molar-refractivity contribution in [1.82, 2.24) is 4.31 Å². The van der Waals surface area contributed by atoms with Crippen LogP contribution >= 0.6 is 0 Å². The van der Waals surface area contributed by atoms with Crippen LogP contribution in [0.15, 0.2) is 71.6 Å². The molecule has 1 saturated heterocycles. The molecule has 172 valence electrons. The van der Waals surface area contributed by atoms with Crippen LogP contribution in [0.2, 0.25) is 0 Å². The minimum absolute atomic E-state index is 0.0858. The molecule has 4 rings (SSSR count). The summed E-state index contributed by atoms with van der Waals surface area (Å²) in [6.07, 6.45) is -1.05. The van der Waals surface area contributed by atoms with Crippen molar-refractivity contribution < 1.29 is 27.5 Å². The number of carbonyl (C=O) groups excluding carboxylic acids is 2. The van der Waals surface area contributed by atoms with Crippen molar-refractivity contribution in [2.24, 2.45) is 0 Å². The standard InChI is InChI=1S/C24H24N2O6S/c1-17(23(27)25-22-8-4-6-18-5-2-3-7-21(18)22)32-24(28)19-9-11-20(12-10-19)33(29,30)26-13-15-31-16-14-26/h2-12,17H,13-16H2,1H3,(H,25,27). The highest BCUT2D eigenvalue weighted by atomic mass is 32.2. The molecule has 0 spiro atoms. The molecule has 33 heavy (non-hydrogen) atoms. The molecule has 0 saturated carbocycles. The average molecular weight is 469 g/mol. The van der Waals surface area contributed by atoms with Gasteiger partial charge in [0, 0.05) is 24.2 Å². The molecule has 0 aliphatic carbocycles. The van der Waals surface area contributed by atoms with E-state index in [0.717, 1.165) is 10.8 Å². The molecule has 1 heterocycles. The van der Waals surface area contributed by atoms with Crippen LogP contribution in [0.1, 0.15) is 17.3 Å². The quantitative estimate of drug-likeness (QED) is 0.558. The number of hydrogen-bond acceptors (Lipinski definition) is 6. The summed E-state index contributed by atoms with van der Waals surface area (Å²) in [7, 11) is -3.66. The normalized spacial score (nSPS) is 15.7. The largest absolute Gasteiger partial charge is 0.449 e. The fraction of sp³-hybridized carbons (Fsp3) is 0.250. The number of hydrogen-bond donors (Lipinski definition) is 1. The summed E-state index contributed by atoms with van der Waals surface area (Å²) in [6.45, 7) is 2.76. The van der Waals surface area contributed by atoms with Crippen molar-refractivity contribution in [2.45, 2.75) is 17.9 Å². The molecule has 8 nitrogen and oxygen atoms in total. The predicted octanol–water partition coefficient (Wildman–Crippen LogP) is 3.04. The number of fused-ring (bicyclic) bond motifs is 1. The van der Waals surface area contributed by atoms with E-state index in [0.29, 0.717) is 18.9 Å². The lowest BCUT2D eigenvalue weighted by atomic mass is 10.1. The van der Waals surface area contributed by atoms with Crippen molar-refractivity contribution in [1.29, 1.82) is 0 Å². The minimum atomic E-state index is -3.66. The highest BCUT2D eigenvalue weighted by molar-refractivity contribution is 7.89. The molecule has 1 N–H and O–H groups in total. The number of carbonyl (C=O) groups is 2. The van der Waals surface area contributed by atoms with Crippen molar-refractivity contribution in [3.05, 3.63) is 72.3 Å². The molecular weight excluding hydrogens is 444 g/mol. The Morgan fingerprint density at radius 1 is 0.970 bits per heavy atom. The number of ether oxygens (including phenoxy) is 2. The number of esters is 1. The molecule has 1 fully saturated rings. The first-order valence-electron chi connectivity index (χ1n) is 10.5. The van der Waals surface area contributed by atoms with Gasteiger partial charge in [-0.05, 0) is 42.6 Å². The third-order valence-corrected chi connectivity index (χ3v) is 7.31. The van der Waals surface area contributed by atoms with E-state index in [-0.39, 0.29) is 23.5 Å². The molecule has 1 amide bonds. The number of rotatable bonds is 6. The third kappa shape index (κ3) is 5.05. The Morgan fingerprint density at radius 3 is 2.36 bits per heavy atom. The SMILES string of the molecule is CC(OC(=O)c1ccc(S(=O)(=O)N2CCOCC2)cc1)C(=O)Nc1cccc2ccccc12. The van der Waals surface area contributed by atoms with Crippen molar-refractivity contribution in [3.8, 4) is 0 Å². The van der Waals surface area contributed by atoms with Crippen LogP contribution in [0.25, 0.3) is 10.8 Å². The maximum absolute atomic E-state index is 12.7. The van der Waals surface area contributed by atoms with Gasteiger partial charge in [-0.15, -0.1) is 0 Å². The molecule has 1 aliphatic heterocycles. The van der Waals surface area contributed by atoms with Crippen LogP contribution in [0, 0.1) is 0 Å². The highest BCUT2D eigenvalue weighted by Crippen LogP contribution is 2.23. The molecule has 0 aromatic heterocycles. The van der Waals surface area contributed by atoms with E-state index in [9.17, 15) is 18.0 Å². The van der Waals surface area contributed by atoms with Gasteiger partial charge in [-0.2, -0.15) is 4.31 Å². The Labute approximate surface area is 192 Å². The van der Waals surface area contributed by atoms with Gasteiger partial charge in [-0.25, -0.2) is 13.2 Å². The molecule has 0 bridgehead atoms. The second kappa shape index (κ2) is 9.70. The Kier molecular flexibility index (Phi) is 6.73. The minimum Gasteiger partial charge on any atom is -0.449 e. The van der Waals surface area contributed by atoms with E-state index in [1.54, 1.807) is 6.07 Å². The number of sulfonamides is 1. The lowest BCUT2D eigenvalue weighted by Gasteiger charge is -2.26. The molecule has 3 aromatic carbocycles. The number of anilines is 1. The van der Waals surface area contributed by atoms with Gasteiger partial charge in [-0.3, -0.25) is 4.79 Å². The zero-order chi connectivity index (χ0) is 23.4. The van der Waals surface area contributed by atoms with E-state index in [4.69, 9.17) is 9.47 Å². The van der Waals surface area contributed by atoms with Crippen LogP contribution in [0.4, 0.5) is 5.69 Å². The van der Waals surface area contributed by atoms with Crippen LogP contribution in [0.5, 0.6) is 0 Å². The topological polar surface area (TPSA) is 102 Å². The monoisotopic (exact) mass is 468 g/mol. The van der Waals surface area contributed by atoms with Crippen LogP contribution in [-0.2, 0) is 24.3 Å². The fourth-order valence-corrected chi connectivity index (χ4v) is 4.96. The molecule has 0 radical (unpaired) electrons. The Bertz CT molecular complexity index is 1260. The zero-order valence-corrected chi connectivity index (χ0v) is 18.9. The summed E-state index contributed by atoms with van der Waals surface area (Å²) in [4.78, 5) is 25.2. The van der Waals surface area contributed by atoms with Gasteiger partial charge in [-0.1, -0.05) is 36.4 Å². The Hall–Kier alpha value is -3.27. The van der Waals surface area contributed by atoms with Gasteiger partial charge in [0.15, 0.2) is 6.10 Å². The number of benzene rings is 3. The predicted molar refractivity (Wildman–Crippen MR) is 123 cm³/mol. The lowest BCUT2D eigenvalue weighted by molar-refractivity contribution is -0.123. The van der Waals surface area contributed by atoms with Gasteiger partial charge < -0.3 is 14.8 Å². The van der Waals surface area contributed by atoms with Crippen LogP contribution < -0.4 is 5.32 Å². The van der Waals surface area contributed by atoms with Crippen molar-refractivity contribution >= 4 is 38.4 Å². The van der Waals surface area contributed by atoms with Crippen LogP contribution in [0.3, 0.4) is 0 Å². The zero-order valence-electron chi connectivity index (χ0n) is 18.1. The first-order valence-corrected chi connectivity index (χ1v) is 12.0. The first-order chi connectivity index (χ1) is 15.9. The van der Waals surface area contributed by atoms with E-state index in [1.807, 2.05) is 36.4 Å². The summed E-state index contributed by atoms with van der Waals surface area (Å²) >= 11 is 0. The Balaban J connectivity index is 1.40. The summed E-state index contributed by atoms with van der Waals surface area (Å²) in [5.74, 6) is -1.18. The van der Waals surface area contributed by atoms with E-state index < -0.39 is 28.0 Å². The number of amides is 1.